The van der Waals surface area contributed by atoms with E-state index in [2.05, 4.69) is 25.1 Å². The van der Waals surface area contributed by atoms with Gasteiger partial charge in [-0.25, -0.2) is 4.98 Å². The zero-order valence-electron chi connectivity index (χ0n) is 13.8. The Balaban J connectivity index is 1.60. The summed E-state index contributed by atoms with van der Waals surface area (Å²) in [4.78, 5) is 26.4. The summed E-state index contributed by atoms with van der Waals surface area (Å²) in [5.41, 5.74) is 2.94. The van der Waals surface area contributed by atoms with E-state index in [4.69, 9.17) is 4.74 Å². The molecule has 4 rings (SSSR count). The number of H-pyrrole nitrogens is 2. The Morgan fingerprint density at radius 2 is 2.32 bits per heavy atom. The molecule has 1 aliphatic rings. The van der Waals surface area contributed by atoms with E-state index in [0.717, 1.165) is 17.1 Å². The van der Waals surface area contributed by atoms with Gasteiger partial charge in [0.15, 0.2) is 0 Å². The number of aromatic nitrogens is 5. The third kappa shape index (κ3) is 3.03. The van der Waals surface area contributed by atoms with Gasteiger partial charge < -0.3 is 14.6 Å². The van der Waals surface area contributed by atoms with E-state index in [1.165, 1.54) is 0 Å². The molecule has 8 nitrogen and oxygen atoms in total. The highest BCUT2D eigenvalue weighted by Crippen LogP contribution is 2.25. The molecule has 128 valence electrons. The summed E-state index contributed by atoms with van der Waals surface area (Å²) < 4.78 is 5.55. The smallest absolute Gasteiger partial charge is 0.272 e. The van der Waals surface area contributed by atoms with E-state index in [1.54, 1.807) is 29.6 Å². The number of aromatic amines is 2. The number of rotatable bonds is 3. The maximum Gasteiger partial charge on any atom is 0.272 e. The lowest BCUT2D eigenvalue weighted by molar-refractivity contribution is -0.00531. The minimum Gasteiger partial charge on any atom is -0.377 e. The zero-order valence-corrected chi connectivity index (χ0v) is 13.8. The second kappa shape index (κ2) is 6.48. The fourth-order valence-electron chi connectivity index (χ4n) is 2.92. The van der Waals surface area contributed by atoms with Gasteiger partial charge in [-0.3, -0.25) is 14.9 Å². The molecule has 25 heavy (non-hydrogen) atoms. The predicted molar refractivity (Wildman–Crippen MR) is 89.7 cm³/mol. The van der Waals surface area contributed by atoms with Crippen molar-refractivity contribution in [1.82, 2.24) is 30.0 Å². The zero-order chi connectivity index (χ0) is 17.2. The molecule has 0 aliphatic carbocycles. The maximum absolute atomic E-state index is 13.0. The molecule has 0 spiro atoms. The molecule has 8 heteroatoms. The highest BCUT2D eigenvalue weighted by Gasteiger charge is 2.32. The van der Waals surface area contributed by atoms with E-state index in [0.29, 0.717) is 31.1 Å². The van der Waals surface area contributed by atoms with Crippen molar-refractivity contribution in [2.75, 3.05) is 19.8 Å². The highest BCUT2D eigenvalue weighted by atomic mass is 16.5. The Morgan fingerprint density at radius 3 is 3.08 bits per heavy atom. The van der Waals surface area contributed by atoms with Crippen molar-refractivity contribution in [3.63, 3.8) is 0 Å². The van der Waals surface area contributed by atoms with E-state index < -0.39 is 0 Å². The molecular weight excluding hydrogens is 320 g/mol. The van der Waals surface area contributed by atoms with Gasteiger partial charge in [0.05, 0.1) is 18.9 Å². The van der Waals surface area contributed by atoms with Crippen LogP contribution in [0.15, 0.2) is 36.8 Å². The van der Waals surface area contributed by atoms with Crippen LogP contribution in [0.25, 0.3) is 11.3 Å². The summed E-state index contributed by atoms with van der Waals surface area (Å²) in [7, 11) is 0. The van der Waals surface area contributed by atoms with Crippen LogP contribution < -0.4 is 0 Å². The van der Waals surface area contributed by atoms with Crippen molar-refractivity contribution in [2.24, 2.45) is 0 Å². The van der Waals surface area contributed by atoms with Crippen LogP contribution in [-0.4, -0.2) is 55.7 Å². The number of ether oxygens (including phenoxy) is 1. The second-order valence-electron chi connectivity index (χ2n) is 5.95. The normalized spacial score (nSPS) is 17.6. The standard InChI is InChI=1S/C17H18N6O2/c1-11-8-19-16(20-11)15-10-25-6-5-23(15)17(24)14-7-13(21-22-14)12-3-2-4-18-9-12/h2-4,7-9,15H,5-6,10H2,1H3,(H,19,20)(H,21,22)/t15-/m1/s1. The summed E-state index contributed by atoms with van der Waals surface area (Å²) in [6.45, 7) is 3.36. The van der Waals surface area contributed by atoms with Crippen LogP contribution in [-0.2, 0) is 4.74 Å². The van der Waals surface area contributed by atoms with Crippen molar-refractivity contribution < 1.29 is 9.53 Å². The molecular formula is C17H18N6O2. The number of morpholine rings is 1. The molecule has 0 saturated carbocycles. The molecule has 0 unspecified atom stereocenters. The van der Waals surface area contributed by atoms with Crippen molar-refractivity contribution in [3.05, 3.63) is 54.0 Å². The molecule has 4 heterocycles. The van der Waals surface area contributed by atoms with Crippen LogP contribution in [0.2, 0.25) is 0 Å². The molecule has 0 bridgehead atoms. The lowest BCUT2D eigenvalue weighted by Crippen LogP contribution is -2.44. The number of nitrogens with zero attached hydrogens (tertiary/aromatic N) is 4. The van der Waals surface area contributed by atoms with Crippen LogP contribution in [0.4, 0.5) is 0 Å². The first kappa shape index (κ1) is 15.5. The van der Waals surface area contributed by atoms with Gasteiger partial charge >= 0.3 is 0 Å². The molecule has 1 amide bonds. The van der Waals surface area contributed by atoms with Gasteiger partial charge in [0.1, 0.15) is 17.6 Å². The molecule has 2 N–H and O–H groups in total. The Morgan fingerprint density at radius 1 is 1.40 bits per heavy atom. The van der Waals surface area contributed by atoms with E-state index in [1.807, 2.05) is 19.1 Å². The van der Waals surface area contributed by atoms with Gasteiger partial charge in [-0.2, -0.15) is 5.10 Å². The number of nitrogens with one attached hydrogen (secondary N) is 2. The van der Waals surface area contributed by atoms with Gasteiger partial charge in [0.2, 0.25) is 0 Å². The minimum atomic E-state index is -0.236. The quantitative estimate of drug-likeness (QED) is 0.757. The van der Waals surface area contributed by atoms with Crippen LogP contribution in [0.1, 0.15) is 28.0 Å². The van der Waals surface area contributed by atoms with E-state index in [-0.39, 0.29) is 11.9 Å². The first-order chi connectivity index (χ1) is 12.2. The Labute approximate surface area is 144 Å². The number of amides is 1. The molecule has 1 aliphatic heterocycles. The predicted octanol–water partition coefficient (Wildman–Crippen LogP) is 1.72. The molecule has 0 radical (unpaired) electrons. The molecule has 1 fully saturated rings. The number of carbonyl (C=O) groups is 1. The average molecular weight is 338 g/mol. The van der Waals surface area contributed by atoms with Crippen molar-refractivity contribution in [3.8, 4) is 11.3 Å². The number of hydrogen-bond acceptors (Lipinski definition) is 5. The molecule has 0 aromatic carbocycles. The third-order valence-electron chi connectivity index (χ3n) is 4.19. The van der Waals surface area contributed by atoms with Crippen LogP contribution in [0.3, 0.4) is 0 Å². The van der Waals surface area contributed by atoms with E-state index >= 15 is 0 Å². The average Bonchev–Trinajstić information content (AvgIpc) is 3.31. The fraction of sp³-hybridized carbons (Fsp3) is 0.294. The number of hydrogen-bond donors (Lipinski definition) is 2. The second-order valence-corrected chi connectivity index (χ2v) is 5.95. The summed E-state index contributed by atoms with van der Waals surface area (Å²) in [6.07, 6.45) is 5.17. The molecule has 3 aromatic heterocycles. The van der Waals surface area contributed by atoms with Crippen LogP contribution >= 0.6 is 0 Å². The number of aryl methyl sites for hydroxylation is 1. The monoisotopic (exact) mass is 338 g/mol. The number of carbonyl (C=O) groups excluding carboxylic acids is 1. The lowest BCUT2D eigenvalue weighted by Gasteiger charge is -2.34. The topological polar surface area (TPSA) is 99.8 Å². The van der Waals surface area contributed by atoms with Gasteiger partial charge in [-0.1, -0.05) is 0 Å². The molecule has 1 atom stereocenters. The van der Waals surface area contributed by atoms with Gasteiger partial charge in [-0.05, 0) is 25.1 Å². The summed E-state index contributed by atoms with van der Waals surface area (Å²) in [5.74, 6) is 0.613. The van der Waals surface area contributed by atoms with Crippen molar-refractivity contribution >= 4 is 5.91 Å². The Kier molecular flexibility index (Phi) is 4.02. The van der Waals surface area contributed by atoms with E-state index in [9.17, 15) is 4.79 Å². The largest absolute Gasteiger partial charge is 0.377 e. The van der Waals surface area contributed by atoms with Crippen molar-refractivity contribution in [2.45, 2.75) is 13.0 Å². The first-order valence-corrected chi connectivity index (χ1v) is 8.08. The number of imidazole rings is 1. The van der Waals surface area contributed by atoms with Crippen LogP contribution in [0.5, 0.6) is 0 Å². The Hall–Kier alpha value is -3.00. The molecule has 3 aromatic rings. The summed E-state index contributed by atoms with van der Waals surface area (Å²) in [6, 6.07) is 5.25. The van der Waals surface area contributed by atoms with Crippen LogP contribution in [0, 0.1) is 6.92 Å². The summed E-state index contributed by atoms with van der Waals surface area (Å²) >= 11 is 0. The Bertz CT molecular complexity index is 872. The fourth-order valence-corrected chi connectivity index (χ4v) is 2.92. The van der Waals surface area contributed by atoms with Crippen molar-refractivity contribution in [1.29, 1.82) is 0 Å². The molecule has 1 saturated heterocycles. The maximum atomic E-state index is 13.0. The third-order valence-corrected chi connectivity index (χ3v) is 4.19. The lowest BCUT2D eigenvalue weighted by atomic mass is 10.1. The van der Waals surface area contributed by atoms with Gasteiger partial charge in [-0.15, -0.1) is 0 Å². The van der Waals surface area contributed by atoms with Gasteiger partial charge in [0, 0.05) is 36.4 Å². The first-order valence-electron chi connectivity index (χ1n) is 8.08. The SMILES string of the molecule is Cc1cnc([C@H]2COCCN2C(=O)c2cc(-c3cccnc3)n[nH]2)[nH]1. The number of pyridine rings is 1. The van der Waals surface area contributed by atoms with Gasteiger partial charge in [0.25, 0.3) is 5.91 Å². The summed E-state index contributed by atoms with van der Waals surface area (Å²) in [5, 5.41) is 7.08. The highest BCUT2D eigenvalue weighted by molar-refractivity contribution is 5.93. The minimum absolute atomic E-state index is 0.120.